The fraction of sp³-hybridized carbons (Fsp3) is 0.789. The van der Waals surface area contributed by atoms with E-state index in [1.165, 1.54) is 27.4 Å². The van der Waals surface area contributed by atoms with Gasteiger partial charge in [0.15, 0.2) is 5.41 Å². The largest absolute Gasteiger partial charge is 0.504 e. The first-order valence-corrected chi connectivity index (χ1v) is 15.3. The van der Waals surface area contributed by atoms with Crippen molar-refractivity contribution in [3.63, 3.8) is 0 Å². The van der Waals surface area contributed by atoms with E-state index >= 15 is 0 Å². The standard InChI is InChI=1S/C19H34F2O7Si2/c1-9-27-17(22)19(18(23)28-10-2)11-13(15(20)21)14(12-19)16(29(6,7)8)30(24-3,25-4)26-5/h12-13,15-16H,9-11H2,1-8H3. The number of hydrogen-bond donors (Lipinski definition) is 0. The zero-order valence-electron chi connectivity index (χ0n) is 19.0. The molecule has 0 saturated carbocycles. The Morgan fingerprint density at radius 3 is 1.77 bits per heavy atom. The zero-order valence-corrected chi connectivity index (χ0v) is 21.0. The maximum absolute atomic E-state index is 14.2. The van der Waals surface area contributed by atoms with Gasteiger partial charge in [-0.2, -0.15) is 0 Å². The molecule has 0 fully saturated rings. The molecule has 0 saturated heterocycles. The third-order valence-corrected chi connectivity index (χ3v) is 13.8. The highest BCUT2D eigenvalue weighted by molar-refractivity contribution is 6.91. The molecular weight excluding hydrogens is 434 g/mol. The fourth-order valence-electron chi connectivity index (χ4n) is 4.17. The molecule has 0 aromatic heterocycles. The number of alkyl halides is 2. The Hall–Kier alpha value is -1.15. The molecule has 11 heteroatoms. The number of esters is 2. The van der Waals surface area contributed by atoms with E-state index in [2.05, 4.69) is 0 Å². The Kier molecular flexibility index (Phi) is 9.36. The molecule has 0 aromatic rings. The van der Waals surface area contributed by atoms with Crippen molar-refractivity contribution in [2.45, 2.75) is 51.5 Å². The molecule has 0 bridgehead atoms. The van der Waals surface area contributed by atoms with Gasteiger partial charge in [0, 0.05) is 32.4 Å². The highest BCUT2D eigenvalue weighted by Crippen LogP contribution is 2.53. The fourth-order valence-corrected chi connectivity index (χ4v) is 12.7. The van der Waals surface area contributed by atoms with Crippen LogP contribution in [0.25, 0.3) is 0 Å². The second-order valence-corrected chi connectivity index (χ2v) is 17.1. The lowest BCUT2D eigenvalue weighted by molar-refractivity contribution is -0.168. The van der Waals surface area contributed by atoms with Crippen LogP contribution in [-0.4, -0.2) is 69.8 Å². The van der Waals surface area contributed by atoms with Gasteiger partial charge in [-0.1, -0.05) is 31.3 Å². The van der Waals surface area contributed by atoms with Gasteiger partial charge in [0.05, 0.1) is 21.3 Å². The molecule has 1 rings (SSSR count). The number of allylic oxidation sites excluding steroid dienone is 1. The molecule has 0 amide bonds. The summed E-state index contributed by atoms with van der Waals surface area (Å²) in [5.41, 5.74) is -1.68. The number of carbonyl (C=O) groups is 2. The second-order valence-electron chi connectivity index (χ2n) is 8.22. The predicted molar refractivity (Wildman–Crippen MR) is 112 cm³/mol. The molecule has 174 valence electrons. The minimum absolute atomic E-state index is 0.00680. The van der Waals surface area contributed by atoms with Crippen LogP contribution in [0, 0.1) is 11.3 Å². The number of rotatable bonds is 11. The third kappa shape index (κ3) is 5.01. The van der Waals surface area contributed by atoms with E-state index in [0.717, 1.165) is 0 Å². The van der Waals surface area contributed by atoms with Crippen LogP contribution in [-0.2, 0) is 32.3 Å². The molecule has 0 heterocycles. The summed E-state index contributed by atoms with van der Waals surface area (Å²) in [4.78, 5) is 25.7. The third-order valence-electron chi connectivity index (χ3n) is 5.37. The lowest BCUT2D eigenvalue weighted by Gasteiger charge is -2.41. The molecular formula is C19H34F2O7Si2. The number of carbonyl (C=O) groups excluding carboxylic acids is 2. The van der Waals surface area contributed by atoms with Crippen LogP contribution in [0.3, 0.4) is 0 Å². The van der Waals surface area contributed by atoms with E-state index in [0.29, 0.717) is 0 Å². The van der Waals surface area contributed by atoms with Crippen molar-refractivity contribution in [1.82, 2.24) is 0 Å². The first-order chi connectivity index (χ1) is 13.9. The molecule has 0 radical (unpaired) electrons. The molecule has 30 heavy (non-hydrogen) atoms. The van der Waals surface area contributed by atoms with Crippen molar-refractivity contribution < 1.29 is 41.1 Å². The zero-order chi connectivity index (χ0) is 23.3. The molecule has 1 aliphatic rings. The highest BCUT2D eigenvalue weighted by Gasteiger charge is 2.62. The van der Waals surface area contributed by atoms with Gasteiger partial charge in [-0.3, -0.25) is 9.59 Å². The van der Waals surface area contributed by atoms with E-state index < -0.39 is 58.2 Å². The Bertz CT molecular complexity index is 619. The predicted octanol–water partition coefficient (Wildman–Crippen LogP) is 3.44. The van der Waals surface area contributed by atoms with Gasteiger partial charge in [-0.25, -0.2) is 8.78 Å². The van der Waals surface area contributed by atoms with Crippen molar-refractivity contribution in [2.75, 3.05) is 34.5 Å². The summed E-state index contributed by atoms with van der Waals surface area (Å²) in [5.74, 6) is -3.14. The van der Waals surface area contributed by atoms with Crippen LogP contribution in [0.1, 0.15) is 20.3 Å². The lowest BCUT2D eigenvalue weighted by Crippen LogP contribution is -2.56. The minimum atomic E-state index is -3.45. The Balaban J connectivity index is 3.81. The SMILES string of the molecule is CCOC(=O)C1(C(=O)OCC)C=C(C([Si](C)(C)C)[Si](OC)(OC)OC)C(C(F)F)C1. The highest BCUT2D eigenvalue weighted by atomic mass is 28.4. The van der Waals surface area contributed by atoms with Gasteiger partial charge < -0.3 is 22.8 Å². The van der Waals surface area contributed by atoms with E-state index in [-0.39, 0.29) is 18.8 Å². The summed E-state index contributed by atoms with van der Waals surface area (Å²) in [6, 6.07) is 0. The molecule has 2 atom stereocenters. The molecule has 0 aliphatic heterocycles. The normalized spacial score (nSPS) is 20.1. The first kappa shape index (κ1) is 26.9. The van der Waals surface area contributed by atoms with Crippen molar-refractivity contribution >= 4 is 28.8 Å². The first-order valence-electron chi connectivity index (χ1n) is 9.91. The molecule has 7 nitrogen and oxygen atoms in total. The molecule has 0 spiro atoms. The maximum atomic E-state index is 14.2. The van der Waals surface area contributed by atoms with E-state index in [1.807, 2.05) is 19.6 Å². The minimum Gasteiger partial charge on any atom is -0.465 e. The Labute approximate surface area is 179 Å². The van der Waals surface area contributed by atoms with Crippen LogP contribution in [0.2, 0.25) is 24.8 Å². The van der Waals surface area contributed by atoms with Gasteiger partial charge in [0.1, 0.15) is 0 Å². The average Bonchev–Trinajstić information content (AvgIpc) is 3.07. The van der Waals surface area contributed by atoms with Crippen LogP contribution in [0.5, 0.6) is 0 Å². The van der Waals surface area contributed by atoms with Crippen LogP contribution < -0.4 is 0 Å². The average molecular weight is 469 g/mol. The summed E-state index contributed by atoms with van der Waals surface area (Å²) in [7, 11) is -1.51. The summed E-state index contributed by atoms with van der Waals surface area (Å²) < 4.78 is 55.7. The lowest BCUT2D eigenvalue weighted by atomic mass is 9.85. The Morgan fingerprint density at radius 2 is 1.47 bits per heavy atom. The molecule has 1 aliphatic carbocycles. The van der Waals surface area contributed by atoms with Crippen LogP contribution in [0.15, 0.2) is 11.6 Å². The van der Waals surface area contributed by atoms with Gasteiger partial charge >= 0.3 is 20.7 Å². The van der Waals surface area contributed by atoms with E-state index in [9.17, 15) is 18.4 Å². The Morgan fingerprint density at radius 1 is 1.03 bits per heavy atom. The van der Waals surface area contributed by atoms with Crippen molar-refractivity contribution in [2.24, 2.45) is 11.3 Å². The quantitative estimate of drug-likeness (QED) is 0.199. The summed E-state index contributed by atoms with van der Waals surface area (Å²) in [5, 5.41) is -0.602. The van der Waals surface area contributed by atoms with Gasteiger partial charge in [-0.15, -0.1) is 0 Å². The number of halogens is 2. The monoisotopic (exact) mass is 468 g/mol. The second kappa shape index (κ2) is 10.4. The van der Waals surface area contributed by atoms with E-state index in [1.54, 1.807) is 13.8 Å². The number of ether oxygens (including phenoxy) is 2. The van der Waals surface area contributed by atoms with Crippen molar-refractivity contribution in [3.8, 4) is 0 Å². The summed E-state index contributed by atoms with van der Waals surface area (Å²) in [6.45, 7) is 9.13. The van der Waals surface area contributed by atoms with Gasteiger partial charge in [0.25, 0.3) is 0 Å². The topological polar surface area (TPSA) is 80.3 Å². The van der Waals surface area contributed by atoms with Gasteiger partial charge in [0.2, 0.25) is 6.43 Å². The summed E-state index contributed by atoms with van der Waals surface area (Å²) >= 11 is 0. The molecule has 0 aromatic carbocycles. The van der Waals surface area contributed by atoms with Crippen LogP contribution in [0.4, 0.5) is 8.78 Å². The smallest absolute Gasteiger partial charge is 0.465 e. The van der Waals surface area contributed by atoms with E-state index in [4.69, 9.17) is 22.8 Å². The van der Waals surface area contributed by atoms with Crippen molar-refractivity contribution in [1.29, 1.82) is 0 Å². The number of hydrogen-bond acceptors (Lipinski definition) is 7. The molecule has 0 N–H and O–H groups in total. The maximum Gasteiger partial charge on any atom is 0.504 e. The van der Waals surface area contributed by atoms with Crippen molar-refractivity contribution in [3.05, 3.63) is 11.6 Å². The summed E-state index contributed by atoms with van der Waals surface area (Å²) in [6.07, 6.45) is -1.92. The molecule has 2 unspecified atom stereocenters. The van der Waals surface area contributed by atoms with Crippen LogP contribution >= 0.6 is 0 Å². The van der Waals surface area contributed by atoms with Gasteiger partial charge in [-0.05, 0) is 20.3 Å².